The van der Waals surface area contributed by atoms with E-state index in [9.17, 15) is 4.79 Å². The Hall–Kier alpha value is -0.850. The van der Waals surface area contributed by atoms with Crippen LogP contribution in [0, 0.1) is 29.1 Å². The molecule has 0 aromatic rings. The fraction of sp³-hybridized carbons (Fsp3) is 0.864. The Bertz CT molecular complexity index is 466. The number of nitrogens with zero attached hydrogens (tertiary/aromatic N) is 1. The van der Waals surface area contributed by atoms with Crippen molar-refractivity contribution >= 4 is 5.78 Å². The molecule has 0 aromatic heterocycles. The van der Waals surface area contributed by atoms with E-state index < -0.39 is 0 Å². The van der Waals surface area contributed by atoms with Gasteiger partial charge in [0.1, 0.15) is 5.78 Å². The maximum Gasteiger partial charge on any atom is 0.141 e. The second-order valence-corrected chi connectivity index (χ2v) is 8.88. The molecule has 1 saturated heterocycles. The third-order valence-electron chi connectivity index (χ3n) is 5.77. The van der Waals surface area contributed by atoms with Crippen LogP contribution in [-0.2, 0) is 9.53 Å². The monoisotopic (exact) mass is 347 g/mol. The average molecular weight is 348 g/mol. The van der Waals surface area contributed by atoms with Crippen LogP contribution in [0.15, 0.2) is 0 Å². The van der Waals surface area contributed by atoms with E-state index in [-0.39, 0.29) is 5.41 Å². The minimum absolute atomic E-state index is 0.178. The van der Waals surface area contributed by atoms with Crippen LogP contribution in [0.3, 0.4) is 0 Å². The maximum atomic E-state index is 12.4. The number of hydrogen-bond donors (Lipinski definition) is 0. The van der Waals surface area contributed by atoms with E-state index in [1.165, 1.54) is 19.4 Å². The minimum Gasteiger partial charge on any atom is -0.377 e. The molecule has 2 rings (SSSR count). The number of carbonyl (C=O) groups excluding carboxylic acids is 1. The van der Waals surface area contributed by atoms with Crippen molar-refractivity contribution in [2.45, 2.75) is 78.7 Å². The Morgan fingerprint density at radius 3 is 2.28 bits per heavy atom. The van der Waals surface area contributed by atoms with Crippen molar-refractivity contribution in [2.75, 3.05) is 26.2 Å². The van der Waals surface area contributed by atoms with Gasteiger partial charge in [-0.25, -0.2) is 0 Å². The lowest BCUT2D eigenvalue weighted by Crippen LogP contribution is -2.41. The Kier molecular flexibility index (Phi) is 7.97. The van der Waals surface area contributed by atoms with E-state index in [4.69, 9.17) is 4.74 Å². The first kappa shape index (κ1) is 20.5. The number of Topliss-reactive ketones (excluding diaryl/α,β-unsaturated/α-hetero) is 1. The van der Waals surface area contributed by atoms with Crippen LogP contribution in [0.1, 0.15) is 72.6 Å². The first-order valence-electron chi connectivity index (χ1n) is 10.2. The van der Waals surface area contributed by atoms with Crippen molar-refractivity contribution < 1.29 is 9.53 Å². The molecule has 1 heterocycles. The summed E-state index contributed by atoms with van der Waals surface area (Å²) in [5, 5.41) is 0. The van der Waals surface area contributed by atoms with E-state index in [1.807, 2.05) is 6.92 Å². The molecule has 3 nitrogen and oxygen atoms in total. The molecule has 25 heavy (non-hydrogen) atoms. The second-order valence-electron chi connectivity index (χ2n) is 8.88. The molecule has 0 unspecified atom stereocenters. The quantitative estimate of drug-likeness (QED) is 0.530. The third kappa shape index (κ3) is 6.76. The van der Waals surface area contributed by atoms with Crippen molar-refractivity contribution in [3.63, 3.8) is 0 Å². The van der Waals surface area contributed by atoms with Gasteiger partial charge in [-0.1, -0.05) is 20.8 Å². The minimum atomic E-state index is -0.178. The van der Waals surface area contributed by atoms with Gasteiger partial charge in [-0.15, -0.1) is 11.8 Å². The zero-order chi connectivity index (χ0) is 18.3. The van der Waals surface area contributed by atoms with Gasteiger partial charge in [0.25, 0.3) is 0 Å². The summed E-state index contributed by atoms with van der Waals surface area (Å²) in [6, 6.07) is 0. The number of rotatable bonds is 6. The lowest BCUT2D eigenvalue weighted by molar-refractivity contribution is -0.131. The highest BCUT2D eigenvalue weighted by molar-refractivity contribution is 5.85. The summed E-state index contributed by atoms with van der Waals surface area (Å²) in [4.78, 5) is 15.1. The molecule has 0 atom stereocenters. The molecular formula is C22H37NO2. The van der Waals surface area contributed by atoms with Crippen molar-refractivity contribution in [2.24, 2.45) is 17.3 Å². The van der Waals surface area contributed by atoms with Gasteiger partial charge in [0.2, 0.25) is 0 Å². The SMILES string of the molecule is CC#CCCOC1CCN(CC2CCC(C(=O)C(C)(C)C)CC2)CC1. The van der Waals surface area contributed by atoms with Gasteiger partial charge >= 0.3 is 0 Å². The van der Waals surface area contributed by atoms with Crippen LogP contribution in [0.4, 0.5) is 0 Å². The summed E-state index contributed by atoms with van der Waals surface area (Å²) in [6.45, 7) is 12.4. The molecule has 0 spiro atoms. The average Bonchev–Trinajstić information content (AvgIpc) is 2.59. The second kappa shape index (κ2) is 9.74. The smallest absolute Gasteiger partial charge is 0.141 e. The van der Waals surface area contributed by atoms with Gasteiger partial charge in [0, 0.05) is 37.4 Å². The lowest BCUT2D eigenvalue weighted by atomic mass is 9.73. The Balaban J connectivity index is 1.63. The van der Waals surface area contributed by atoms with E-state index in [0.717, 1.165) is 57.7 Å². The van der Waals surface area contributed by atoms with Crippen molar-refractivity contribution in [1.29, 1.82) is 0 Å². The Morgan fingerprint density at radius 1 is 1.08 bits per heavy atom. The maximum absolute atomic E-state index is 12.4. The molecule has 142 valence electrons. The van der Waals surface area contributed by atoms with Crippen LogP contribution in [-0.4, -0.2) is 43.0 Å². The number of ketones is 1. The largest absolute Gasteiger partial charge is 0.377 e. The van der Waals surface area contributed by atoms with E-state index in [1.54, 1.807) is 0 Å². The van der Waals surface area contributed by atoms with Crippen LogP contribution >= 0.6 is 0 Å². The molecule has 2 aliphatic rings. The highest BCUT2D eigenvalue weighted by Crippen LogP contribution is 2.34. The predicted octanol–water partition coefficient (Wildman–Crippen LogP) is 4.30. The summed E-state index contributed by atoms with van der Waals surface area (Å²) in [7, 11) is 0. The summed E-state index contributed by atoms with van der Waals surface area (Å²) in [5.41, 5.74) is -0.178. The molecule has 1 saturated carbocycles. The molecule has 0 aromatic carbocycles. The van der Waals surface area contributed by atoms with E-state index in [2.05, 4.69) is 37.5 Å². The number of carbonyl (C=O) groups is 1. The third-order valence-corrected chi connectivity index (χ3v) is 5.77. The molecule has 1 aliphatic carbocycles. The number of ether oxygens (including phenoxy) is 1. The first-order chi connectivity index (χ1) is 11.9. The van der Waals surface area contributed by atoms with Crippen LogP contribution in [0.25, 0.3) is 0 Å². The number of hydrogen-bond acceptors (Lipinski definition) is 3. The van der Waals surface area contributed by atoms with Crippen molar-refractivity contribution in [3.8, 4) is 11.8 Å². The molecule has 0 amide bonds. The zero-order valence-electron chi connectivity index (χ0n) is 16.8. The van der Waals surface area contributed by atoms with Crippen molar-refractivity contribution in [1.82, 2.24) is 4.90 Å². The van der Waals surface area contributed by atoms with Gasteiger partial charge < -0.3 is 9.64 Å². The van der Waals surface area contributed by atoms with E-state index >= 15 is 0 Å². The normalized spacial score (nSPS) is 26.1. The number of piperidine rings is 1. The van der Waals surface area contributed by atoms with Gasteiger partial charge in [0.05, 0.1) is 12.7 Å². The molecule has 0 bridgehead atoms. The fourth-order valence-corrected chi connectivity index (χ4v) is 4.24. The summed E-state index contributed by atoms with van der Waals surface area (Å²) in [6.07, 6.45) is 8.21. The molecule has 3 heteroatoms. The zero-order valence-corrected chi connectivity index (χ0v) is 16.8. The first-order valence-corrected chi connectivity index (χ1v) is 10.2. The summed E-state index contributed by atoms with van der Waals surface area (Å²) >= 11 is 0. The van der Waals surface area contributed by atoms with Gasteiger partial charge in [-0.2, -0.15) is 0 Å². The molecule has 1 aliphatic heterocycles. The molecule has 0 N–H and O–H groups in total. The molecular weight excluding hydrogens is 310 g/mol. The van der Waals surface area contributed by atoms with Crippen molar-refractivity contribution in [3.05, 3.63) is 0 Å². The summed E-state index contributed by atoms with van der Waals surface area (Å²) in [5.74, 6) is 7.53. The molecule has 0 radical (unpaired) electrons. The Morgan fingerprint density at radius 2 is 1.72 bits per heavy atom. The fourth-order valence-electron chi connectivity index (χ4n) is 4.24. The van der Waals surface area contributed by atoms with Gasteiger partial charge in [-0.3, -0.25) is 4.79 Å². The van der Waals surface area contributed by atoms with E-state index in [0.29, 0.717) is 17.8 Å². The number of likely N-dealkylation sites (tertiary alicyclic amines) is 1. The molecule has 2 fully saturated rings. The van der Waals surface area contributed by atoms with Crippen LogP contribution in [0.5, 0.6) is 0 Å². The predicted molar refractivity (Wildman–Crippen MR) is 103 cm³/mol. The summed E-state index contributed by atoms with van der Waals surface area (Å²) < 4.78 is 5.93. The lowest BCUT2D eigenvalue weighted by Gasteiger charge is -2.37. The van der Waals surface area contributed by atoms with Gasteiger partial charge in [0.15, 0.2) is 0 Å². The van der Waals surface area contributed by atoms with Gasteiger partial charge in [-0.05, 0) is 51.4 Å². The Labute approximate surface area is 154 Å². The van der Waals surface area contributed by atoms with Crippen LogP contribution in [0.2, 0.25) is 0 Å². The highest BCUT2D eigenvalue weighted by Gasteiger charge is 2.33. The standard InChI is InChI=1S/C22H37NO2/c1-5-6-7-16-25-20-12-14-23(15-13-20)17-18-8-10-19(11-9-18)21(24)22(2,3)4/h18-20H,7-17H2,1-4H3. The topological polar surface area (TPSA) is 29.5 Å². The van der Waals surface area contributed by atoms with Crippen LogP contribution < -0.4 is 0 Å². The highest BCUT2D eigenvalue weighted by atomic mass is 16.5.